The molecule has 0 aliphatic rings. The van der Waals surface area contributed by atoms with Crippen molar-refractivity contribution in [2.75, 3.05) is 6.54 Å². The molecule has 122 valence electrons. The number of fused-ring (bicyclic) bond motifs is 1. The molecule has 0 spiro atoms. The van der Waals surface area contributed by atoms with E-state index in [9.17, 15) is 9.59 Å². The summed E-state index contributed by atoms with van der Waals surface area (Å²) in [5.41, 5.74) is 2.97. The molecule has 0 radical (unpaired) electrons. The summed E-state index contributed by atoms with van der Waals surface area (Å²) >= 11 is 0. The van der Waals surface area contributed by atoms with Gasteiger partial charge in [0.25, 0.3) is 0 Å². The number of hydrogen-bond acceptors (Lipinski definition) is 3. The molecule has 0 atom stereocenters. The van der Waals surface area contributed by atoms with Gasteiger partial charge in [0.15, 0.2) is 0 Å². The van der Waals surface area contributed by atoms with E-state index in [-0.39, 0.29) is 12.3 Å². The Hall–Kier alpha value is -2.88. The molecule has 0 aliphatic heterocycles. The number of aryl methyl sites for hydroxylation is 1. The Bertz CT molecular complexity index is 913. The van der Waals surface area contributed by atoms with E-state index in [2.05, 4.69) is 5.32 Å². The Kier molecular flexibility index (Phi) is 4.75. The van der Waals surface area contributed by atoms with Crippen LogP contribution in [0.2, 0.25) is 0 Å². The highest BCUT2D eigenvalue weighted by atomic mass is 16.4. The Balaban J connectivity index is 1.68. The Morgan fingerprint density at radius 3 is 2.67 bits per heavy atom. The first kappa shape index (κ1) is 16.0. The highest BCUT2D eigenvalue weighted by Gasteiger charge is 2.10. The normalized spacial score (nSPS) is 10.7. The summed E-state index contributed by atoms with van der Waals surface area (Å²) in [4.78, 5) is 23.9. The van der Waals surface area contributed by atoms with E-state index in [1.54, 1.807) is 0 Å². The smallest absolute Gasteiger partial charge is 0.336 e. The zero-order chi connectivity index (χ0) is 16.9. The van der Waals surface area contributed by atoms with Gasteiger partial charge < -0.3 is 9.73 Å². The van der Waals surface area contributed by atoms with Gasteiger partial charge in [0.2, 0.25) is 5.91 Å². The van der Waals surface area contributed by atoms with Crippen LogP contribution < -0.4 is 10.9 Å². The van der Waals surface area contributed by atoms with E-state index < -0.39 is 5.63 Å². The molecule has 3 rings (SSSR count). The topological polar surface area (TPSA) is 59.3 Å². The minimum absolute atomic E-state index is 0.0987. The van der Waals surface area contributed by atoms with Crippen molar-refractivity contribution >= 4 is 16.9 Å². The van der Waals surface area contributed by atoms with Crippen LogP contribution in [0.25, 0.3) is 11.0 Å². The van der Waals surface area contributed by atoms with E-state index in [1.807, 2.05) is 55.5 Å². The lowest BCUT2D eigenvalue weighted by Gasteiger charge is -2.08. The van der Waals surface area contributed by atoms with Gasteiger partial charge in [-0.1, -0.05) is 42.5 Å². The summed E-state index contributed by atoms with van der Waals surface area (Å²) in [6.07, 6.45) is 0.948. The molecule has 0 unspecified atom stereocenters. The largest absolute Gasteiger partial charge is 0.423 e. The molecule has 1 heterocycles. The van der Waals surface area contributed by atoms with Crippen molar-refractivity contribution in [1.29, 1.82) is 0 Å². The molecule has 2 aromatic carbocycles. The summed E-state index contributed by atoms with van der Waals surface area (Å²) in [7, 11) is 0. The second-order valence-electron chi connectivity index (χ2n) is 5.85. The molecule has 4 heteroatoms. The van der Waals surface area contributed by atoms with Crippen molar-refractivity contribution in [3.63, 3.8) is 0 Å². The van der Waals surface area contributed by atoms with Gasteiger partial charge in [0.1, 0.15) is 5.58 Å². The zero-order valence-corrected chi connectivity index (χ0v) is 13.5. The average molecular weight is 321 g/mol. The highest BCUT2D eigenvalue weighted by Crippen LogP contribution is 2.18. The maximum Gasteiger partial charge on any atom is 0.336 e. The molecular formula is C20H19NO3. The van der Waals surface area contributed by atoms with Gasteiger partial charge in [-0.15, -0.1) is 0 Å². The first-order valence-corrected chi connectivity index (χ1v) is 7.96. The van der Waals surface area contributed by atoms with Gasteiger partial charge >= 0.3 is 5.63 Å². The first-order valence-electron chi connectivity index (χ1n) is 7.96. The van der Waals surface area contributed by atoms with Crippen LogP contribution >= 0.6 is 0 Å². The molecule has 24 heavy (non-hydrogen) atoms. The second-order valence-corrected chi connectivity index (χ2v) is 5.85. The number of rotatable bonds is 5. The summed E-state index contributed by atoms with van der Waals surface area (Å²) in [5.74, 6) is -0.0987. The minimum atomic E-state index is -0.430. The Morgan fingerprint density at radius 1 is 1.08 bits per heavy atom. The molecule has 1 amide bonds. The Morgan fingerprint density at radius 2 is 1.88 bits per heavy atom. The third-order valence-electron chi connectivity index (χ3n) is 3.92. The molecule has 4 nitrogen and oxygen atoms in total. The molecule has 0 bridgehead atoms. The van der Waals surface area contributed by atoms with E-state index in [0.717, 1.165) is 17.4 Å². The monoisotopic (exact) mass is 321 g/mol. The highest BCUT2D eigenvalue weighted by molar-refractivity contribution is 5.87. The lowest BCUT2D eigenvalue weighted by molar-refractivity contribution is -0.120. The third-order valence-corrected chi connectivity index (χ3v) is 3.92. The van der Waals surface area contributed by atoms with E-state index in [1.165, 1.54) is 11.6 Å². The predicted octanol–water partition coefficient (Wildman–Crippen LogP) is 3.00. The van der Waals surface area contributed by atoms with Crippen LogP contribution in [0.1, 0.15) is 16.7 Å². The van der Waals surface area contributed by atoms with Gasteiger partial charge in [-0.05, 0) is 36.1 Å². The SMILES string of the molecule is Cc1ccc2c(CC(=O)NCCc3ccccc3)cc(=O)oc2c1. The number of carbonyl (C=O) groups is 1. The maximum atomic E-state index is 12.2. The van der Waals surface area contributed by atoms with Crippen LogP contribution in [-0.4, -0.2) is 12.5 Å². The van der Waals surface area contributed by atoms with Gasteiger partial charge in [0, 0.05) is 18.0 Å². The average Bonchev–Trinajstić information content (AvgIpc) is 2.55. The van der Waals surface area contributed by atoms with E-state index in [4.69, 9.17) is 4.42 Å². The second kappa shape index (κ2) is 7.13. The van der Waals surface area contributed by atoms with Crippen molar-refractivity contribution in [3.05, 3.63) is 81.7 Å². The molecular weight excluding hydrogens is 302 g/mol. The zero-order valence-electron chi connectivity index (χ0n) is 13.5. The fourth-order valence-electron chi connectivity index (χ4n) is 2.71. The van der Waals surface area contributed by atoms with Crippen LogP contribution in [0.15, 0.2) is 63.8 Å². The lowest BCUT2D eigenvalue weighted by atomic mass is 10.1. The quantitative estimate of drug-likeness (QED) is 0.735. The van der Waals surface area contributed by atoms with Crippen LogP contribution in [0.5, 0.6) is 0 Å². The van der Waals surface area contributed by atoms with Crippen molar-refractivity contribution in [2.24, 2.45) is 0 Å². The molecule has 0 fully saturated rings. The number of nitrogens with one attached hydrogen (secondary N) is 1. The predicted molar refractivity (Wildman–Crippen MR) is 94.1 cm³/mol. The third kappa shape index (κ3) is 3.90. The number of benzene rings is 2. The van der Waals surface area contributed by atoms with Crippen molar-refractivity contribution in [2.45, 2.75) is 19.8 Å². The number of amides is 1. The van der Waals surface area contributed by atoms with Gasteiger partial charge in [-0.25, -0.2) is 4.79 Å². The lowest BCUT2D eigenvalue weighted by Crippen LogP contribution is -2.27. The molecule has 0 saturated carbocycles. The summed E-state index contributed by atoms with van der Waals surface area (Å²) < 4.78 is 5.22. The standard InChI is InChI=1S/C20H19NO3/c1-14-7-8-17-16(13-20(23)24-18(17)11-14)12-19(22)21-10-9-15-5-3-2-4-6-15/h2-8,11,13H,9-10,12H2,1H3,(H,21,22). The number of hydrogen-bond donors (Lipinski definition) is 1. The summed E-state index contributed by atoms with van der Waals surface area (Å²) in [5, 5.41) is 3.71. The first-order chi connectivity index (χ1) is 11.6. The van der Waals surface area contributed by atoms with Crippen molar-refractivity contribution in [1.82, 2.24) is 5.32 Å². The van der Waals surface area contributed by atoms with Crippen LogP contribution in [-0.2, 0) is 17.6 Å². The summed E-state index contributed by atoms with van der Waals surface area (Å²) in [6.45, 7) is 2.50. The molecule has 1 aromatic heterocycles. The molecule has 3 aromatic rings. The molecule has 0 saturated heterocycles. The minimum Gasteiger partial charge on any atom is -0.423 e. The van der Waals surface area contributed by atoms with E-state index in [0.29, 0.717) is 17.7 Å². The fourth-order valence-corrected chi connectivity index (χ4v) is 2.71. The van der Waals surface area contributed by atoms with Crippen LogP contribution in [0.3, 0.4) is 0 Å². The molecule has 0 aliphatic carbocycles. The van der Waals surface area contributed by atoms with Gasteiger partial charge in [-0.3, -0.25) is 4.79 Å². The van der Waals surface area contributed by atoms with Crippen molar-refractivity contribution < 1.29 is 9.21 Å². The fraction of sp³-hybridized carbons (Fsp3) is 0.200. The van der Waals surface area contributed by atoms with Gasteiger partial charge in [-0.2, -0.15) is 0 Å². The number of carbonyl (C=O) groups excluding carboxylic acids is 1. The summed E-state index contributed by atoms with van der Waals surface area (Å²) in [6, 6.07) is 17.0. The van der Waals surface area contributed by atoms with Gasteiger partial charge in [0.05, 0.1) is 6.42 Å². The van der Waals surface area contributed by atoms with Crippen LogP contribution in [0.4, 0.5) is 0 Å². The molecule has 1 N–H and O–H groups in total. The Labute approximate surface area is 140 Å². The van der Waals surface area contributed by atoms with E-state index >= 15 is 0 Å². The van der Waals surface area contributed by atoms with Crippen LogP contribution in [0, 0.1) is 6.92 Å². The maximum absolute atomic E-state index is 12.2. The van der Waals surface area contributed by atoms with Crippen molar-refractivity contribution in [3.8, 4) is 0 Å².